The van der Waals surface area contributed by atoms with Gasteiger partial charge in [0.25, 0.3) is 5.91 Å². The number of aliphatic carboxylic acids is 1. The van der Waals surface area contributed by atoms with Gasteiger partial charge in [0.2, 0.25) is 0 Å². The molecule has 0 bridgehead atoms. The van der Waals surface area contributed by atoms with E-state index in [0.29, 0.717) is 12.1 Å². The van der Waals surface area contributed by atoms with E-state index in [2.05, 4.69) is 31.9 Å². The maximum atomic E-state index is 12.6. The van der Waals surface area contributed by atoms with Gasteiger partial charge in [-0.1, -0.05) is 15.9 Å². The molecule has 0 aliphatic carbocycles. The summed E-state index contributed by atoms with van der Waals surface area (Å²) < 4.78 is 1.56. The van der Waals surface area contributed by atoms with Gasteiger partial charge in [-0.25, -0.2) is 0 Å². The number of hydrogen-bond acceptors (Lipinski definition) is 2. The Morgan fingerprint density at radius 3 is 2.75 bits per heavy atom. The summed E-state index contributed by atoms with van der Waals surface area (Å²) in [7, 11) is 0. The molecule has 1 saturated heterocycles. The number of carboxylic acids is 1. The summed E-state index contributed by atoms with van der Waals surface area (Å²) in [6.45, 7) is 0.621. The Kier molecular flexibility index (Phi) is 5.21. The molecule has 2 rings (SSSR count). The molecular formula is C14H15Br2NO3. The van der Waals surface area contributed by atoms with E-state index in [1.54, 1.807) is 11.0 Å². The van der Waals surface area contributed by atoms with Gasteiger partial charge in [-0.05, 0) is 53.4 Å². The molecule has 1 aromatic carbocycles. The Morgan fingerprint density at radius 1 is 1.30 bits per heavy atom. The van der Waals surface area contributed by atoms with Crippen molar-refractivity contribution in [3.8, 4) is 0 Å². The third-order valence-electron chi connectivity index (χ3n) is 3.46. The minimum Gasteiger partial charge on any atom is -0.481 e. The SMILES string of the molecule is O=C(O)CC1CCCCN1C(=O)c1cc(Br)ccc1Br. The van der Waals surface area contributed by atoms with Gasteiger partial charge in [0.15, 0.2) is 0 Å². The molecular weight excluding hydrogens is 390 g/mol. The van der Waals surface area contributed by atoms with Crippen LogP contribution in [-0.4, -0.2) is 34.5 Å². The van der Waals surface area contributed by atoms with Gasteiger partial charge in [-0.2, -0.15) is 0 Å². The van der Waals surface area contributed by atoms with Gasteiger partial charge in [0.1, 0.15) is 0 Å². The van der Waals surface area contributed by atoms with Crippen LogP contribution in [0.25, 0.3) is 0 Å². The topological polar surface area (TPSA) is 57.6 Å². The molecule has 0 radical (unpaired) electrons. The van der Waals surface area contributed by atoms with E-state index in [1.807, 2.05) is 12.1 Å². The smallest absolute Gasteiger partial charge is 0.305 e. The van der Waals surface area contributed by atoms with Crippen LogP contribution in [0.3, 0.4) is 0 Å². The number of halogens is 2. The number of amides is 1. The molecule has 1 aliphatic rings. The van der Waals surface area contributed by atoms with E-state index in [9.17, 15) is 9.59 Å². The van der Waals surface area contributed by atoms with Crippen LogP contribution in [-0.2, 0) is 4.79 Å². The van der Waals surface area contributed by atoms with E-state index >= 15 is 0 Å². The minimum absolute atomic E-state index is 0.0113. The molecule has 1 atom stereocenters. The van der Waals surface area contributed by atoms with Gasteiger partial charge in [-0.15, -0.1) is 0 Å². The van der Waals surface area contributed by atoms with Crippen molar-refractivity contribution in [3.63, 3.8) is 0 Å². The highest BCUT2D eigenvalue weighted by Crippen LogP contribution is 2.27. The van der Waals surface area contributed by atoms with E-state index < -0.39 is 5.97 Å². The average molecular weight is 405 g/mol. The van der Waals surface area contributed by atoms with Gasteiger partial charge in [-0.3, -0.25) is 9.59 Å². The molecule has 1 aliphatic heterocycles. The van der Waals surface area contributed by atoms with Crippen molar-refractivity contribution in [3.05, 3.63) is 32.7 Å². The van der Waals surface area contributed by atoms with Crippen molar-refractivity contribution in [2.24, 2.45) is 0 Å². The van der Waals surface area contributed by atoms with E-state index in [1.165, 1.54) is 0 Å². The Balaban J connectivity index is 2.25. The predicted octanol–water partition coefficient (Wildman–Crippen LogP) is 3.68. The maximum absolute atomic E-state index is 12.6. The first-order valence-electron chi connectivity index (χ1n) is 6.47. The van der Waals surface area contributed by atoms with Gasteiger partial charge in [0.05, 0.1) is 12.0 Å². The number of piperidine rings is 1. The second-order valence-corrected chi connectivity index (χ2v) is 6.64. The summed E-state index contributed by atoms with van der Waals surface area (Å²) in [4.78, 5) is 25.3. The molecule has 1 heterocycles. The molecule has 20 heavy (non-hydrogen) atoms. The zero-order valence-electron chi connectivity index (χ0n) is 10.8. The largest absolute Gasteiger partial charge is 0.481 e. The Bertz CT molecular complexity index is 533. The first kappa shape index (κ1) is 15.5. The highest BCUT2D eigenvalue weighted by molar-refractivity contribution is 9.11. The maximum Gasteiger partial charge on any atom is 0.305 e. The number of benzene rings is 1. The number of carbonyl (C=O) groups excluding carboxylic acids is 1. The fourth-order valence-electron chi connectivity index (χ4n) is 2.50. The second kappa shape index (κ2) is 6.72. The lowest BCUT2D eigenvalue weighted by Crippen LogP contribution is -2.44. The number of likely N-dealkylation sites (tertiary alicyclic amines) is 1. The monoisotopic (exact) mass is 403 g/mol. The molecule has 6 heteroatoms. The molecule has 1 aromatic rings. The molecule has 1 unspecified atom stereocenters. The predicted molar refractivity (Wildman–Crippen MR) is 82.8 cm³/mol. The normalized spacial score (nSPS) is 18.9. The number of rotatable bonds is 3. The standard InChI is InChI=1S/C14H15Br2NO3/c15-9-4-5-12(16)11(7-9)14(20)17-6-2-1-3-10(17)8-13(18)19/h4-5,7,10H,1-3,6,8H2,(H,18,19). The quantitative estimate of drug-likeness (QED) is 0.835. The summed E-state index contributed by atoms with van der Waals surface area (Å²) in [6, 6.07) is 5.22. The van der Waals surface area contributed by atoms with Crippen molar-refractivity contribution >= 4 is 43.7 Å². The third-order valence-corrected chi connectivity index (χ3v) is 4.64. The summed E-state index contributed by atoms with van der Waals surface area (Å²) in [5, 5.41) is 8.98. The van der Waals surface area contributed by atoms with Crippen LogP contribution in [0.1, 0.15) is 36.0 Å². The lowest BCUT2D eigenvalue weighted by atomic mass is 9.98. The molecule has 1 fully saturated rings. The fourth-order valence-corrected chi connectivity index (χ4v) is 3.28. The van der Waals surface area contributed by atoms with E-state index in [4.69, 9.17) is 5.11 Å². The first-order valence-corrected chi connectivity index (χ1v) is 8.05. The molecule has 0 saturated carbocycles. The summed E-state index contributed by atoms with van der Waals surface area (Å²) in [6.07, 6.45) is 2.66. The van der Waals surface area contributed by atoms with Gasteiger partial charge in [0, 0.05) is 21.5 Å². The van der Waals surface area contributed by atoms with Crippen molar-refractivity contribution in [1.29, 1.82) is 0 Å². The lowest BCUT2D eigenvalue weighted by molar-refractivity contribution is -0.138. The zero-order valence-corrected chi connectivity index (χ0v) is 14.0. The van der Waals surface area contributed by atoms with Gasteiger partial charge >= 0.3 is 5.97 Å². The van der Waals surface area contributed by atoms with Crippen LogP contribution in [0.4, 0.5) is 0 Å². The Morgan fingerprint density at radius 2 is 2.05 bits per heavy atom. The van der Waals surface area contributed by atoms with Crippen LogP contribution in [0.5, 0.6) is 0 Å². The summed E-state index contributed by atoms with van der Waals surface area (Å²) >= 11 is 6.74. The fraction of sp³-hybridized carbons (Fsp3) is 0.429. The van der Waals surface area contributed by atoms with Crippen LogP contribution < -0.4 is 0 Å². The highest BCUT2D eigenvalue weighted by atomic mass is 79.9. The number of carbonyl (C=O) groups is 2. The van der Waals surface area contributed by atoms with Crippen LogP contribution in [0, 0.1) is 0 Å². The third kappa shape index (κ3) is 3.61. The number of carboxylic acid groups (broad SMARTS) is 1. The minimum atomic E-state index is -0.858. The van der Waals surface area contributed by atoms with Crippen LogP contribution >= 0.6 is 31.9 Å². The van der Waals surface area contributed by atoms with E-state index in [0.717, 1.165) is 28.2 Å². The van der Waals surface area contributed by atoms with Crippen molar-refractivity contribution in [2.45, 2.75) is 31.7 Å². The molecule has 1 N–H and O–H groups in total. The zero-order chi connectivity index (χ0) is 14.7. The molecule has 0 aromatic heterocycles. The highest BCUT2D eigenvalue weighted by Gasteiger charge is 2.29. The Labute approximate surface area is 134 Å². The van der Waals surface area contributed by atoms with Crippen LogP contribution in [0.2, 0.25) is 0 Å². The molecule has 0 spiro atoms. The average Bonchev–Trinajstić information content (AvgIpc) is 2.41. The second-order valence-electron chi connectivity index (χ2n) is 4.87. The van der Waals surface area contributed by atoms with Gasteiger partial charge < -0.3 is 10.0 Å². The molecule has 4 nitrogen and oxygen atoms in total. The number of nitrogens with zero attached hydrogens (tertiary/aromatic N) is 1. The van der Waals surface area contributed by atoms with Crippen molar-refractivity contribution in [1.82, 2.24) is 4.90 Å². The van der Waals surface area contributed by atoms with Crippen LogP contribution in [0.15, 0.2) is 27.1 Å². The van der Waals surface area contributed by atoms with Crippen molar-refractivity contribution < 1.29 is 14.7 Å². The summed E-state index contributed by atoms with van der Waals surface area (Å²) in [5.41, 5.74) is 0.566. The lowest BCUT2D eigenvalue weighted by Gasteiger charge is -2.35. The van der Waals surface area contributed by atoms with Crippen molar-refractivity contribution in [2.75, 3.05) is 6.54 Å². The van der Waals surface area contributed by atoms with E-state index in [-0.39, 0.29) is 18.4 Å². The Hall–Kier alpha value is -0.880. The summed E-state index contributed by atoms with van der Waals surface area (Å²) in [5.74, 6) is -0.966. The number of hydrogen-bond donors (Lipinski definition) is 1. The molecule has 1 amide bonds. The first-order chi connectivity index (χ1) is 9.49. The molecule has 108 valence electrons.